The number of hydrogen-bond acceptors (Lipinski definition) is 8. The molecule has 1 aliphatic heterocycles. The van der Waals surface area contributed by atoms with E-state index in [1.165, 1.54) is 13.5 Å². The first-order chi connectivity index (χ1) is 14.8. The summed E-state index contributed by atoms with van der Waals surface area (Å²) in [5.74, 6) is 2.91. The third-order valence-corrected chi connectivity index (χ3v) is 4.51. The monoisotopic (exact) mass is 433 g/mol. The topological polar surface area (TPSA) is 114 Å². The first-order valence-corrected chi connectivity index (χ1v) is 10.4. The second kappa shape index (κ2) is 15.3. The Hall–Kier alpha value is -2.58. The fraction of sp³-hybridized carbons (Fsp3) is 0.565. The van der Waals surface area contributed by atoms with Crippen LogP contribution >= 0.6 is 0 Å². The standard InChI is InChI=1S/C14H19N3O.C7H13NO.CH5N.CH2O/c1-10-8-16-13(14(2,3)4)17-12(10)15-9-11-6-5-7-18-11;1-8-4-2-3-7(5-8)6-9;2*1-2/h5-8H,9H2,1-4H3,(H,15,16,17);6-7H,2-5H2,1H3;2H2,1H3;1H2. The van der Waals surface area contributed by atoms with Crippen molar-refractivity contribution in [2.24, 2.45) is 11.7 Å². The number of nitrogens with one attached hydrogen (secondary N) is 1. The van der Waals surface area contributed by atoms with Crippen molar-refractivity contribution < 1.29 is 14.0 Å². The molecular formula is C23H39N5O3. The normalized spacial score (nSPS) is 15.8. The van der Waals surface area contributed by atoms with Crippen molar-refractivity contribution in [3.63, 3.8) is 0 Å². The van der Waals surface area contributed by atoms with Gasteiger partial charge in [0, 0.05) is 29.6 Å². The van der Waals surface area contributed by atoms with Gasteiger partial charge in [-0.2, -0.15) is 0 Å². The average molecular weight is 434 g/mol. The lowest BCUT2D eigenvalue weighted by Crippen LogP contribution is -2.32. The molecule has 1 fully saturated rings. The molecule has 174 valence electrons. The number of carbonyl (C=O) groups is 2. The lowest BCUT2D eigenvalue weighted by molar-refractivity contribution is -0.112. The highest BCUT2D eigenvalue weighted by Crippen LogP contribution is 2.21. The highest BCUT2D eigenvalue weighted by molar-refractivity contribution is 5.53. The van der Waals surface area contributed by atoms with Gasteiger partial charge in [-0.05, 0) is 52.5 Å². The largest absolute Gasteiger partial charge is 0.467 e. The number of piperidine rings is 1. The van der Waals surface area contributed by atoms with Crippen molar-refractivity contribution in [2.45, 2.75) is 52.5 Å². The van der Waals surface area contributed by atoms with Crippen LogP contribution in [0, 0.1) is 12.8 Å². The summed E-state index contributed by atoms with van der Waals surface area (Å²) in [5, 5.41) is 3.28. The summed E-state index contributed by atoms with van der Waals surface area (Å²) >= 11 is 0. The molecule has 1 aliphatic rings. The molecule has 3 rings (SSSR count). The van der Waals surface area contributed by atoms with Crippen molar-refractivity contribution in [2.75, 3.05) is 32.5 Å². The number of carbonyl (C=O) groups excluding carboxylic acids is 2. The number of anilines is 1. The molecule has 0 bridgehead atoms. The molecule has 0 aliphatic carbocycles. The molecule has 8 nitrogen and oxygen atoms in total. The van der Waals surface area contributed by atoms with Crippen LogP contribution in [0.2, 0.25) is 0 Å². The van der Waals surface area contributed by atoms with Crippen LogP contribution in [0.1, 0.15) is 50.8 Å². The Balaban J connectivity index is 0.000000582. The molecule has 1 atom stereocenters. The van der Waals surface area contributed by atoms with E-state index in [4.69, 9.17) is 9.21 Å². The first-order valence-electron chi connectivity index (χ1n) is 10.4. The molecular weight excluding hydrogens is 394 g/mol. The summed E-state index contributed by atoms with van der Waals surface area (Å²) in [6.07, 6.45) is 6.88. The molecule has 3 heterocycles. The number of nitrogens with zero attached hydrogens (tertiary/aromatic N) is 3. The van der Waals surface area contributed by atoms with Gasteiger partial charge < -0.3 is 30.0 Å². The maximum Gasteiger partial charge on any atom is 0.135 e. The van der Waals surface area contributed by atoms with Gasteiger partial charge >= 0.3 is 0 Å². The molecule has 0 spiro atoms. The summed E-state index contributed by atoms with van der Waals surface area (Å²) < 4.78 is 5.29. The van der Waals surface area contributed by atoms with Crippen molar-refractivity contribution in [1.29, 1.82) is 0 Å². The Morgan fingerprint density at radius 3 is 2.52 bits per heavy atom. The molecule has 1 unspecified atom stereocenters. The van der Waals surface area contributed by atoms with E-state index in [-0.39, 0.29) is 5.41 Å². The second-order valence-electron chi connectivity index (χ2n) is 8.21. The van der Waals surface area contributed by atoms with Gasteiger partial charge in [-0.1, -0.05) is 20.8 Å². The number of rotatable bonds is 4. The van der Waals surface area contributed by atoms with Crippen molar-refractivity contribution in [1.82, 2.24) is 14.9 Å². The van der Waals surface area contributed by atoms with Crippen LogP contribution in [0.4, 0.5) is 5.82 Å². The predicted molar refractivity (Wildman–Crippen MR) is 125 cm³/mol. The summed E-state index contributed by atoms with van der Waals surface area (Å²) in [7, 11) is 3.57. The highest BCUT2D eigenvalue weighted by atomic mass is 16.3. The van der Waals surface area contributed by atoms with Gasteiger partial charge in [0.25, 0.3) is 0 Å². The zero-order chi connectivity index (χ0) is 23.9. The number of hydrogen-bond donors (Lipinski definition) is 2. The van der Waals surface area contributed by atoms with Crippen LogP contribution in [0.25, 0.3) is 0 Å². The first kappa shape index (κ1) is 28.4. The Labute approximate surface area is 186 Å². The third kappa shape index (κ3) is 10.8. The van der Waals surface area contributed by atoms with E-state index >= 15 is 0 Å². The molecule has 2 aromatic heterocycles. The van der Waals surface area contributed by atoms with E-state index in [1.807, 2.05) is 32.0 Å². The Morgan fingerprint density at radius 2 is 2.03 bits per heavy atom. The Morgan fingerprint density at radius 1 is 1.35 bits per heavy atom. The van der Waals surface area contributed by atoms with Crippen LogP contribution in [0.5, 0.6) is 0 Å². The summed E-state index contributed by atoms with van der Waals surface area (Å²) in [4.78, 5) is 29.4. The van der Waals surface area contributed by atoms with Gasteiger partial charge in [0.2, 0.25) is 0 Å². The highest BCUT2D eigenvalue weighted by Gasteiger charge is 2.18. The van der Waals surface area contributed by atoms with E-state index in [9.17, 15) is 4.79 Å². The molecule has 0 amide bonds. The van der Waals surface area contributed by atoms with E-state index in [0.29, 0.717) is 12.5 Å². The van der Waals surface area contributed by atoms with Crippen LogP contribution in [-0.4, -0.2) is 55.1 Å². The van der Waals surface area contributed by atoms with Gasteiger partial charge in [0.1, 0.15) is 30.5 Å². The van der Waals surface area contributed by atoms with Crippen LogP contribution in [-0.2, 0) is 21.5 Å². The van der Waals surface area contributed by atoms with Crippen molar-refractivity contribution in [3.05, 3.63) is 41.7 Å². The summed E-state index contributed by atoms with van der Waals surface area (Å²) in [5.41, 5.74) is 5.49. The fourth-order valence-electron chi connectivity index (χ4n) is 2.88. The lowest BCUT2D eigenvalue weighted by atomic mass is 9.95. The minimum atomic E-state index is -0.0468. The zero-order valence-electron chi connectivity index (χ0n) is 19.9. The van der Waals surface area contributed by atoms with E-state index in [0.717, 1.165) is 48.8 Å². The SMILES string of the molecule is C=O.CN.CN1CCCC(C=O)C1.Cc1cnc(C(C)(C)C)nc1NCc1ccco1. The van der Waals surface area contributed by atoms with Gasteiger partial charge in [-0.15, -0.1) is 0 Å². The second-order valence-corrected chi connectivity index (χ2v) is 8.21. The molecule has 0 aromatic carbocycles. The van der Waals surface area contributed by atoms with Gasteiger partial charge in [-0.3, -0.25) is 0 Å². The predicted octanol–water partition coefficient (Wildman–Crippen LogP) is 3.20. The number of furan rings is 1. The van der Waals surface area contributed by atoms with Gasteiger partial charge in [0.15, 0.2) is 0 Å². The van der Waals surface area contributed by atoms with Crippen LogP contribution < -0.4 is 11.1 Å². The number of aromatic nitrogens is 2. The maximum absolute atomic E-state index is 10.3. The van der Waals surface area contributed by atoms with Crippen molar-refractivity contribution >= 4 is 18.9 Å². The summed E-state index contributed by atoms with van der Waals surface area (Å²) in [6.45, 7) is 13.1. The minimum Gasteiger partial charge on any atom is -0.467 e. The number of aldehydes is 1. The molecule has 0 saturated carbocycles. The smallest absolute Gasteiger partial charge is 0.135 e. The molecule has 2 aromatic rings. The fourth-order valence-corrected chi connectivity index (χ4v) is 2.88. The lowest BCUT2D eigenvalue weighted by Gasteiger charge is -2.25. The molecule has 31 heavy (non-hydrogen) atoms. The van der Waals surface area contributed by atoms with Crippen LogP contribution in [0.15, 0.2) is 29.0 Å². The van der Waals surface area contributed by atoms with Crippen molar-refractivity contribution in [3.8, 4) is 0 Å². The third-order valence-electron chi connectivity index (χ3n) is 4.51. The molecule has 8 heteroatoms. The van der Waals surface area contributed by atoms with E-state index in [1.54, 1.807) is 6.26 Å². The van der Waals surface area contributed by atoms with Gasteiger partial charge in [0.05, 0.1) is 12.8 Å². The number of aryl methyl sites for hydroxylation is 1. The number of nitrogens with two attached hydrogens (primary N) is 1. The number of likely N-dealkylation sites (tertiary alicyclic amines) is 1. The Kier molecular flexibility index (Phi) is 14.0. The molecule has 0 radical (unpaired) electrons. The quantitative estimate of drug-likeness (QED) is 0.707. The maximum atomic E-state index is 10.3. The minimum absolute atomic E-state index is 0.0468. The summed E-state index contributed by atoms with van der Waals surface area (Å²) in [6, 6.07) is 3.82. The Bertz CT molecular complexity index is 729. The average Bonchev–Trinajstić information content (AvgIpc) is 3.29. The van der Waals surface area contributed by atoms with Gasteiger partial charge in [-0.25, -0.2) is 9.97 Å². The molecule has 3 N–H and O–H groups in total. The molecule has 1 saturated heterocycles. The van der Waals surface area contributed by atoms with E-state index < -0.39 is 0 Å². The van der Waals surface area contributed by atoms with Crippen LogP contribution in [0.3, 0.4) is 0 Å². The van der Waals surface area contributed by atoms with E-state index in [2.05, 4.69) is 53.7 Å². The zero-order valence-corrected chi connectivity index (χ0v) is 19.9.